The number of nitrogens with one attached hydrogen (secondary N) is 1. The topological polar surface area (TPSA) is 56.1 Å². The molecule has 5 nitrogen and oxygen atoms in total. The molecular weight excluding hydrogens is 362 g/mol. The molecule has 29 heavy (non-hydrogen) atoms. The Bertz CT molecular complexity index is 1070. The molecule has 0 aliphatic rings. The minimum Gasteiger partial charge on any atom is -0.494 e. The largest absolute Gasteiger partial charge is 0.494 e. The van der Waals surface area contributed by atoms with Gasteiger partial charge >= 0.3 is 0 Å². The number of fused-ring (bicyclic) bond motifs is 1. The lowest BCUT2D eigenvalue weighted by molar-refractivity contribution is 0.0954. The van der Waals surface area contributed by atoms with Gasteiger partial charge in [-0.05, 0) is 53.9 Å². The maximum atomic E-state index is 12.5. The van der Waals surface area contributed by atoms with E-state index in [4.69, 9.17) is 4.74 Å². The molecule has 1 amide bonds. The van der Waals surface area contributed by atoms with E-state index in [9.17, 15) is 4.79 Å². The Morgan fingerprint density at radius 3 is 2.62 bits per heavy atom. The summed E-state index contributed by atoms with van der Waals surface area (Å²) >= 11 is 0. The zero-order valence-electron chi connectivity index (χ0n) is 16.1. The SMILES string of the molecule is O=C(NCCCCOc1ccc(-n2ccnc2)cc1)c1cccc2ccccc12. The quantitative estimate of drug-likeness (QED) is 0.451. The molecule has 146 valence electrons. The Labute approximate surface area is 170 Å². The average Bonchev–Trinajstić information content (AvgIpc) is 3.31. The van der Waals surface area contributed by atoms with E-state index in [-0.39, 0.29) is 5.91 Å². The summed E-state index contributed by atoms with van der Waals surface area (Å²) in [6, 6.07) is 21.7. The van der Waals surface area contributed by atoms with Crippen LogP contribution in [0.25, 0.3) is 16.5 Å². The van der Waals surface area contributed by atoms with E-state index < -0.39 is 0 Å². The van der Waals surface area contributed by atoms with Gasteiger partial charge in [0.25, 0.3) is 5.91 Å². The second kappa shape index (κ2) is 9.06. The molecule has 5 heteroatoms. The number of hydrogen-bond acceptors (Lipinski definition) is 3. The number of rotatable bonds is 8. The van der Waals surface area contributed by atoms with Crippen LogP contribution in [0.15, 0.2) is 85.5 Å². The Kier molecular flexibility index (Phi) is 5.86. The van der Waals surface area contributed by atoms with Gasteiger partial charge in [0.1, 0.15) is 5.75 Å². The number of amides is 1. The number of unbranched alkanes of at least 4 members (excludes halogenated alkanes) is 1. The van der Waals surface area contributed by atoms with Crippen LogP contribution >= 0.6 is 0 Å². The third kappa shape index (κ3) is 4.63. The van der Waals surface area contributed by atoms with Crippen molar-refractivity contribution < 1.29 is 9.53 Å². The van der Waals surface area contributed by atoms with Gasteiger partial charge in [0.05, 0.1) is 12.9 Å². The van der Waals surface area contributed by atoms with Gasteiger partial charge in [-0.1, -0.05) is 36.4 Å². The molecule has 0 radical (unpaired) electrons. The van der Waals surface area contributed by atoms with Crippen molar-refractivity contribution in [3.63, 3.8) is 0 Å². The van der Waals surface area contributed by atoms with Crippen LogP contribution in [0.4, 0.5) is 0 Å². The molecule has 3 aromatic carbocycles. The lowest BCUT2D eigenvalue weighted by Gasteiger charge is -2.09. The highest BCUT2D eigenvalue weighted by Crippen LogP contribution is 2.18. The summed E-state index contributed by atoms with van der Waals surface area (Å²) in [5.41, 5.74) is 1.77. The van der Waals surface area contributed by atoms with Gasteiger partial charge in [0.2, 0.25) is 0 Å². The minimum atomic E-state index is -0.0298. The molecule has 0 spiro atoms. The van der Waals surface area contributed by atoms with E-state index in [1.807, 2.05) is 77.5 Å². The van der Waals surface area contributed by atoms with Crippen LogP contribution in [0, 0.1) is 0 Å². The van der Waals surface area contributed by atoms with Crippen molar-refractivity contribution in [1.29, 1.82) is 0 Å². The first-order chi connectivity index (χ1) is 14.3. The molecule has 4 rings (SSSR count). The van der Waals surface area contributed by atoms with Gasteiger partial charge in [-0.3, -0.25) is 4.79 Å². The molecular formula is C24H23N3O2. The second-order valence-corrected chi connectivity index (χ2v) is 6.80. The van der Waals surface area contributed by atoms with Crippen LogP contribution in [0.3, 0.4) is 0 Å². The van der Waals surface area contributed by atoms with Crippen molar-refractivity contribution in [3.05, 3.63) is 91.0 Å². The van der Waals surface area contributed by atoms with Crippen molar-refractivity contribution in [1.82, 2.24) is 14.9 Å². The van der Waals surface area contributed by atoms with Crippen molar-refractivity contribution in [2.24, 2.45) is 0 Å². The molecule has 0 bridgehead atoms. The predicted molar refractivity (Wildman–Crippen MR) is 115 cm³/mol. The fourth-order valence-corrected chi connectivity index (χ4v) is 3.26. The molecule has 0 unspecified atom stereocenters. The van der Waals surface area contributed by atoms with E-state index in [0.717, 1.165) is 40.6 Å². The van der Waals surface area contributed by atoms with Crippen LogP contribution in [-0.2, 0) is 0 Å². The van der Waals surface area contributed by atoms with Gasteiger partial charge in [0.15, 0.2) is 0 Å². The summed E-state index contributed by atoms with van der Waals surface area (Å²) < 4.78 is 7.74. The third-order valence-electron chi connectivity index (χ3n) is 4.80. The fraction of sp³-hybridized carbons (Fsp3) is 0.167. The molecule has 0 aliphatic carbocycles. The highest BCUT2D eigenvalue weighted by atomic mass is 16.5. The van der Waals surface area contributed by atoms with Gasteiger partial charge in [-0.25, -0.2) is 4.98 Å². The van der Waals surface area contributed by atoms with E-state index in [1.165, 1.54) is 0 Å². The van der Waals surface area contributed by atoms with E-state index in [0.29, 0.717) is 13.2 Å². The third-order valence-corrected chi connectivity index (χ3v) is 4.80. The maximum Gasteiger partial charge on any atom is 0.251 e. The van der Waals surface area contributed by atoms with Crippen molar-refractivity contribution >= 4 is 16.7 Å². The number of imidazole rings is 1. The Morgan fingerprint density at radius 2 is 1.79 bits per heavy atom. The van der Waals surface area contributed by atoms with Gasteiger partial charge < -0.3 is 14.6 Å². The number of hydrogen-bond donors (Lipinski definition) is 1. The fourth-order valence-electron chi connectivity index (χ4n) is 3.26. The first-order valence-corrected chi connectivity index (χ1v) is 9.78. The number of carbonyl (C=O) groups excluding carboxylic acids is 1. The predicted octanol–water partition coefficient (Wildman–Crippen LogP) is 4.61. The van der Waals surface area contributed by atoms with Crippen LogP contribution in [0.2, 0.25) is 0 Å². The van der Waals surface area contributed by atoms with Crippen molar-refractivity contribution in [2.75, 3.05) is 13.2 Å². The molecule has 4 aromatic rings. The monoisotopic (exact) mass is 385 g/mol. The van der Waals surface area contributed by atoms with E-state index in [2.05, 4.69) is 10.3 Å². The maximum absolute atomic E-state index is 12.5. The standard InChI is InChI=1S/C24H23N3O2/c28-24(23-9-5-7-19-6-1-2-8-22(19)23)26-14-3-4-17-29-21-12-10-20(11-13-21)27-16-15-25-18-27/h1-2,5-13,15-16,18H,3-4,14,17H2,(H,26,28). The van der Waals surface area contributed by atoms with E-state index >= 15 is 0 Å². The summed E-state index contributed by atoms with van der Waals surface area (Å²) in [6.45, 7) is 1.25. The summed E-state index contributed by atoms with van der Waals surface area (Å²) in [7, 11) is 0. The van der Waals surface area contributed by atoms with Crippen LogP contribution < -0.4 is 10.1 Å². The first kappa shape index (κ1) is 18.7. The molecule has 1 heterocycles. The molecule has 1 N–H and O–H groups in total. The molecule has 0 saturated carbocycles. The minimum absolute atomic E-state index is 0.0298. The molecule has 0 saturated heterocycles. The van der Waals surface area contributed by atoms with Crippen LogP contribution in [0.1, 0.15) is 23.2 Å². The summed E-state index contributed by atoms with van der Waals surface area (Å²) in [4.78, 5) is 16.5. The Hall–Kier alpha value is -3.60. The normalized spacial score (nSPS) is 10.8. The van der Waals surface area contributed by atoms with Gasteiger partial charge in [-0.2, -0.15) is 0 Å². The summed E-state index contributed by atoms with van der Waals surface area (Å²) in [5, 5.41) is 5.07. The first-order valence-electron chi connectivity index (χ1n) is 9.78. The smallest absolute Gasteiger partial charge is 0.251 e. The summed E-state index contributed by atoms with van der Waals surface area (Å²) in [6.07, 6.45) is 7.16. The highest BCUT2D eigenvalue weighted by molar-refractivity contribution is 6.06. The molecule has 0 fully saturated rings. The molecule has 0 aliphatic heterocycles. The Balaban J connectivity index is 1.20. The van der Waals surface area contributed by atoms with Crippen LogP contribution in [-0.4, -0.2) is 28.6 Å². The zero-order valence-corrected chi connectivity index (χ0v) is 16.1. The van der Waals surface area contributed by atoms with Crippen LogP contribution in [0.5, 0.6) is 5.75 Å². The number of nitrogens with zero attached hydrogens (tertiary/aromatic N) is 2. The van der Waals surface area contributed by atoms with E-state index in [1.54, 1.807) is 12.5 Å². The second-order valence-electron chi connectivity index (χ2n) is 6.80. The number of ether oxygens (including phenoxy) is 1. The number of aromatic nitrogens is 2. The van der Waals surface area contributed by atoms with Gasteiger partial charge in [0, 0.05) is 30.2 Å². The van der Waals surface area contributed by atoms with Crippen molar-refractivity contribution in [2.45, 2.75) is 12.8 Å². The Morgan fingerprint density at radius 1 is 0.966 bits per heavy atom. The number of benzene rings is 3. The molecule has 0 atom stereocenters. The van der Waals surface area contributed by atoms with Gasteiger partial charge in [-0.15, -0.1) is 0 Å². The zero-order chi connectivity index (χ0) is 19.9. The average molecular weight is 385 g/mol. The lowest BCUT2D eigenvalue weighted by atomic mass is 10.0. The van der Waals surface area contributed by atoms with Crippen molar-refractivity contribution in [3.8, 4) is 11.4 Å². The summed E-state index contributed by atoms with van der Waals surface area (Å²) in [5.74, 6) is 0.812. The molecule has 1 aromatic heterocycles. The number of carbonyl (C=O) groups is 1. The lowest BCUT2D eigenvalue weighted by Crippen LogP contribution is -2.24. The highest BCUT2D eigenvalue weighted by Gasteiger charge is 2.08.